The number of hydrogen-bond acceptors (Lipinski definition) is 2. The van der Waals surface area contributed by atoms with Crippen molar-refractivity contribution in [3.8, 4) is 0 Å². The lowest BCUT2D eigenvalue weighted by molar-refractivity contribution is -0.138. The predicted octanol–water partition coefficient (Wildman–Crippen LogP) is 3.21. The molecule has 0 bridgehead atoms. The van der Waals surface area contributed by atoms with Gasteiger partial charge in [-0.25, -0.2) is 0 Å². The van der Waals surface area contributed by atoms with Gasteiger partial charge in [-0.2, -0.15) is 0 Å². The van der Waals surface area contributed by atoms with E-state index in [-0.39, 0.29) is 18.0 Å². The number of carboxylic acids is 1. The average molecular weight is 261 g/mol. The van der Waals surface area contributed by atoms with Crippen molar-refractivity contribution in [1.29, 1.82) is 0 Å². The lowest BCUT2D eigenvalue weighted by Crippen LogP contribution is -2.29. The molecule has 1 atom stereocenters. The fraction of sp³-hybridized carbons (Fsp3) is 0.562. The molecule has 0 aliphatic carbocycles. The van der Waals surface area contributed by atoms with Crippen molar-refractivity contribution >= 4 is 5.97 Å². The molecule has 0 aromatic heterocycles. The average Bonchev–Trinajstić information content (AvgIpc) is 2.75. The van der Waals surface area contributed by atoms with E-state index in [1.165, 1.54) is 11.1 Å². The summed E-state index contributed by atoms with van der Waals surface area (Å²) in [5, 5.41) is 8.95. The minimum Gasteiger partial charge on any atom is -0.480 e. The fourth-order valence-electron chi connectivity index (χ4n) is 2.77. The second kappa shape index (κ2) is 5.33. The second-order valence-electron chi connectivity index (χ2n) is 6.39. The molecule has 0 spiro atoms. The van der Waals surface area contributed by atoms with Gasteiger partial charge >= 0.3 is 5.97 Å². The SMILES string of the molecule is CC(C)(C)c1ccc([C@@H]2CCCN2CC(=O)O)cc1. The zero-order valence-electron chi connectivity index (χ0n) is 12.0. The van der Waals surface area contributed by atoms with E-state index >= 15 is 0 Å². The summed E-state index contributed by atoms with van der Waals surface area (Å²) in [6, 6.07) is 8.93. The lowest BCUT2D eigenvalue weighted by Gasteiger charge is -2.24. The molecule has 3 nitrogen and oxygen atoms in total. The van der Waals surface area contributed by atoms with Crippen LogP contribution in [-0.4, -0.2) is 29.1 Å². The summed E-state index contributed by atoms with van der Waals surface area (Å²) in [7, 11) is 0. The largest absolute Gasteiger partial charge is 0.480 e. The molecular formula is C16H23NO2. The van der Waals surface area contributed by atoms with Crippen molar-refractivity contribution in [2.24, 2.45) is 0 Å². The quantitative estimate of drug-likeness (QED) is 0.908. The molecule has 3 heteroatoms. The molecule has 0 amide bonds. The monoisotopic (exact) mass is 261 g/mol. The maximum absolute atomic E-state index is 10.9. The number of benzene rings is 1. The van der Waals surface area contributed by atoms with Crippen molar-refractivity contribution in [3.63, 3.8) is 0 Å². The lowest BCUT2D eigenvalue weighted by atomic mass is 9.86. The number of nitrogens with zero attached hydrogens (tertiary/aromatic N) is 1. The first-order valence-electron chi connectivity index (χ1n) is 6.94. The minimum absolute atomic E-state index is 0.145. The molecule has 0 unspecified atom stereocenters. The Kier molecular flexibility index (Phi) is 3.95. The third-order valence-corrected chi connectivity index (χ3v) is 3.86. The smallest absolute Gasteiger partial charge is 0.317 e. The van der Waals surface area contributed by atoms with E-state index in [1.54, 1.807) is 0 Å². The van der Waals surface area contributed by atoms with Gasteiger partial charge in [-0.3, -0.25) is 9.69 Å². The summed E-state index contributed by atoms with van der Waals surface area (Å²) in [6.07, 6.45) is 2.14. The molecule has 0 radical (unpaired) electrons. The first-order valence-corrected chi connectivity index (χ1v) is 6.94. The highest BCUT2D eigenvalue weighted by molar-refractivity contribution is 5.69. The van der Waals surface area contributed by atoms with Gasteiger partial charge in [0.15, 0.2) is 0 Å². The van der Waals surface area contributed by atoms with E-state index in [4.69, 9.17) is 5.11 Å². The van der Waals surface area contributed by atoms with Crippen molar-refractivity contribution in [1.82, 2.24) is 4.90 Å². The summed E-state index contributed by atoms with van der Waals surface area (Å²) >= 11 is 0. The van der Waals surface area contributed by atoms with Crippen LogP contribution in [0.3, 0.4) is 0 Å². The number of likely N-dealkylation sites (tertiary alicyclic amines) is 1. The van der Waals surface area contributed by atoms with E-state index in [1.807, 2.05) is 0 Å². The molecule has 1 aliphatic rings. The summed E-state index contributed by atoms with van der Waals surface area (Å²) in [4.78, 5) is 12.9. The van der Waals surface area contributed by atoms with Crippen LogP contribution in [0.15, 0.2) is 24.3 Å². The van der Waals surface area contributed by atoms with Crippen LogP contribution in [-0.2, 0) is 10.2 Å². The Morgan fingerprint density at radius 3 is 2.47 bits per heavy atom. The Hall–Kier alpha value is -1.35. The number of carboxylic acid groups (broad SMARTS) is 1. The van der Waals surface area contributed by atoms with Crippen molar-refractivity contribution in [3.05, 3.63) is 35.4 Å². The Balaban J connectivity index is 2.15. The predicted molar refractivity (Wildman–Crippen MR) is 76.3 cm³/mol. The van der Waals surface area contributed by atoms with Gasteiger partial charge in [0.05, 0.1) is 6.54 Å². The van der Waals surface area contributed by atoms with Crippen LogP contribution in [0.25, 0.3) is 0 Å². The van der Waals surface area contributed by atoms with Gasteiger partial charge < -0.3 is 5.11 Å². The summed E-state index contributed by atoms with van der Waals surface area (Å²) < 4.78 is 0. The molecule has 1 aromatic rings. The van der Waals surface area contributed by atoms with Gasteiger partial charge in [-0.15, -0.1) is 0 Å². The van der Waals surface area contributed by atoms with Crippen molar-refractivity contribution < 1.29 is 9.90 Å². The van der Waals surface area contributed by atoms with Gasteiger partial charge in [0, 0.05) is 6.04 Å². The molecule has 1 heterocycles. The topological polar surface area (TPSA) is 40.5 Å². The molecule has 0 saturated carbocycles. The molecule has 1 fully saturated rings. The third kappa shape index (κ3) is 3.35. The molecule has 1 saturated heterocycles. The molecule has 19 heavy (non-hydrogen) atoms. The van der Waals surface area contributed by atoms with E-state index < -0.39 is 5.97 Å². The van der Waals surface area contributed by atoms with Gasteiger partial charge in [-0.1, -0.05) is 45.0 Å². The van der Waals surface area contributed by atoms with Gasteiger partial charge in [-0.05, 0) is 35.9 Å². The van der Waals surface area contributed by atoms with Gasteiger partial charge in [0.25, 0.3) is 0 Å². The van der Waals surface area contributed by atoms with Crippen LogP contribution in [0.5, 0.6) is 0 Å². The first-order chi connectivity index (χ1) is 8.88. The standard InChI is InChI=1S/C16H23NO2/c1-16(2,3)13-8-6-12(7-9-13)14-5-4-10-17(14)11-15(18)19/h6-9,14H,4-5,10-11H2,1-3H3,(H,18,19)/t14-/m0/s1. The zero-order valence-corrected chi connectivity index (χ0v) is 12.0. The molecule has 104 valence electrons. The summed E-state index contributed by atoms with van der Waals surface area (Å²) in [6.45, 7) is 7.64. The van der Waals surface area contributed by atoms with Crippen LogP contribution < -0.4 is 0 Å². The second-order valence-corrected chi connectivity index (χ2v) is 6.39. The van der Waals surface area contributed by atoms with E-state index in [9.17, 15) is 4.79 Å². The van der Waals surface area contributed by atoms with Crippen LogP contribution in [0.1, 0.15) is 50.8 Å². The van der Waals surface area contributed by atoms with Crippen LogP contribution in [0.4, 0.5) is 0 Å². The Bertz CT molecular complexity index is 445. The fourth-order valence-corrected chi connectivity index (χ4v) is 2.77. The highest BCUT2D eigenvalue weighted by Gasteiger charge is 2.27. The highest BCUT2D eigenvalue weighted by Crippen LogP contribution is 2.32. The molecule has 1 aliphatic heterocycles. The van der Waals surface area contributed by atoms with Crippen molar-refractivity contribution in [2.75, 3.05) is 13.1 Å². The van der Waals surface area contributed by atoms with Gasteiger partial charge in [0.1, 0.15) is 0 Å². The number of carbonyl (C=O) groups is 1. The first kappa shape index (κ1) is 14.1. The molecule has 1 aromatic carbocycles. The molecular weight excluding hydrogens is 238 g/mol. The summed E-state index contributed by atoms with van der Waals surface area (Å²) in [5.41, 5.74) is 2.72. The van der Waals surface area contributed by atoms with E-state index in [0.717, 1.165) is 19.4 Å². The maximum atomic E-state index is 10.9. The zero-order chi connectivity index (χ0) is 14.0. The van der Waals surface area contributed by atoms with Crippen LogP contribution in [0.2, 0.25) is 0 Å². The Labute approximate surface area is 115 Å². The van der Waals surface area contributed by atoms with Gasteiger partial charge in [0.2, 0.25) is 0 Å². The van der Waals surface area contributed by atoms with E-state index in [2.05, 4.69) is 49.9 Å². The number of hydrogen-bond donors (Lipinski definition) is 1. The van der Waals surface area contributed by atoms with Crippen LogP contribution >= 0.6 is 0 Å². The summed E-state index contributed by atoms with van der Waals surface area (Å²) in [5.74, 6) is -0.738. The molecule has 2 rings (SSSR count). The third-order valence-electron chi connectivity index (χ3n) is 3.86. The normalized spacial score (nSPS) is 20.7. The molecule has 1 N–H and O–H groups in total. The number of aliphatic carboxylic acids is 1. The van der Waals surface area contributed by atoms with E-state index in [0.29, 0.717) is 0 Å². The Morgan fingerprint density at radius 2 is 1.95 bits per heavy atom. The Morgan fingerprint density at radius 1 is 1.32 bits per heavy atom. The van der Waals surface area contributed by atoms with Crippen LogP contribution in [0, 0.1) is 0 Å². The minimum atomic E-state index is -0.738. The highest BCUT2D eigenvalue weighted by atomic mass is 16.4. The number of rotatable bonds is 3. The maximum Gasteiger partial charge on any atom is 0.317 e. The van der Waals surface area contributed by atoms with Crippen molar-refractivity contribution in [2.45, 2.75) is 45.1 Å².